The quantitative estimate of drug-likeness (QED) is 0.778. The number of pyridine rings is 1. The number of allylic oxidation sites excluding steroid dienone is 3. The Balaban J connectivity index is 1.72. The van der Waals surface area contributed by atoms with Gasteiger partial charge in [-0.15, -0.1) is 0 Å². The van der Waals surface area contributed by atoms with E-state index in [0.29, 0.717) is 25.4 Å². The molecule has 0 radical (unpaired) electrons. The molecule has 1 aromatic heterocycles. The number of hydrogen-bond donors (Lipinski definition) is 0. The molecule has 156 valence electrons. The normalized spacial score (nSPS) is 19.6. The van der Waals surface area contributed by atoms with Gasteiger partial charge in [-0.3, -0.25) is 9.78 Å². The Morgan fingerprint density at radius 2 is 2.10 bits per heavy atom. The third-order valence-corrected chi connectivity index (χ3v) is 4.76. The number of hydrogen-bond acceptors (Lipinski definition) is 5. The van der Waals surface area contributed by atoms with Crippen molar-refractivity contribution < 1.29 is 19.1 Å². The van der Waals surface area contributed by atoms with Gasteiger partial charge in [-0.1, -0.05) is 18.2 Å². The van der Waals surface area contributed by atoms with Crippen LogP contribution in [0.2, 0.25) is 0 Å². The number of aromatic nitrogens is 1. The highest BCUT2D eigenvalue weighted by atomic mass is 16.6. The van der Waals surface area contributed by atoms with Gasteiger partial charge in [0.05, 0.1) is 12.2 Å². The van der Waals surface area contributed by atoms with E-state index in [4.69, 9.17) is 9.47 Å². The SMILES string of the molecule is CC(C)(C)OC(=O)N1CCN(C(=O)C2=CC=CCC2)C(COc2cccnc2)C1. The molecule has 0 bridgehead atoms. The van der Waals surface area contributed by atoms with Crippen LogP contribution in [0.15, 0.2) is 48.3 Å². The Kier molecular flexibility index (Phi) is 6.56. The molecule has 1 aliphatic carbocycles. The number of carbonyl (C=O) groups is 2. The predicted octanol–water partition coefficient (Wildman–Crippen LogP) is 3.18. The van der Waals surface area contributed by atoms with Crippen LogP contribution in [0.3, 0.4) is 0 Å². The minimum Gasteiger partial charge on any atom is -0.490 e. The summed E-state index contributed by atoms with van der Waals surface area (Å²) in [7, 11) is 0. The molecule has 0 N–H and O–H groups in total. The van der Waals surface area contributed by atoms with Crippen LogP contribution in [0.4, 0.5) is 4.79 Å². The standard InChI is InChI=1S/C22H29N3O4/c1-22(2,3)29-21(27)24-12-13-25(20(26)17-8-5-4-6-9-17)18(15-24)16-28-19-10-7-11-23-14-19/h4-5,7-8,10-11,14,18H,6,9,12-13,15-16H2,1-3H3. The van der Waals surface area contributed by atoms with Crippen molar-refractivity contribution >= 4 is 12.0 Å². The maximum atomic E-state index is 13.1. The Morgan fingerprint density at radius 3 is 2.76 bits per heavy atom. The van der Waals surface area contributed by atoms with E-state index in [1.54, 1.807) is 23.4 Å². The average Bonchev–Trinajstić information content (AvgIpc) is 2.71. The lowest BCUT2D eigenvalue weighted by molar-refractivity contribution is -0.133. The van der Waals surface area contributed by atoms with Gasteiger partial charge in [0.15, 0.2) is 0 Å². The molecule has 1 atom stereocenters. The summed E-state index contributed by atoms with van der Waals surface area (Å²) in [6, 6.07) is 3.35. The smallest absolute Gasteiger partial charge is 0.410 e. The largest absolute Gasteiger partial charge is 0.490 e. The molecule has 1 aliphatic heterocycles. The number of piperazine rings is 1. The molecule has 1 saturated heterocycles. The first kappa shape index (κ1) is 20.9. The summed E-state index contributed by atoms with van der Waals surface area (Å²) in [5.74, 6) is 0.645. The second-order valence-electron chi connectivity index (χ2n) is 8.24. The van der Waals surface area contributed by atoms with E-state index in [2.05, 4.69) is 11.1 Å². The maximum Gasteiger partial charge on any atom is 0.410 e. The number of nitrogens with zero attached hydrogens (tertiary/aromatic N) is 3. The predicted molar refractivity (Wildman–Crippen MR) is 109 cm³/mol. The van der Waals surface area contributed by atoms with Crippen molar-refractivity contribution in [3.63, 3.8) is 0 Å². The number of ether oxygens (including phenoxy) is 2. The van der Waals surface area contributed by atoms with Crippen molar-refractivity contribution in [2.75, 3.05) is 26.2 Å². The first-order valence-corrected chi connectivity index (χ1v) is 10.0. The van der Waals surface area contributed by atoms with Crippen LogP contribution in [-0.2, 0) is 9.53 Å². The monoisotopic (exact) mass is 399 g/mol. The summed E-state index contributed by atoms with van der Waals surface area (Å²) in [6.07, 6.45) is 10.4. The van der Waals surface area contributed by atoms with Gasteiger partial charge in [0.2, 0.25) is 5.91 Å². The van der Waals surface area contributed by atoms with Crippen molar-refractivity contribution in [3.05, 3.63) is 48.3 Å². The minimum absolute atomic E-state index is 0.0120. The van der Waals surface area contributed by atoms with Gasteiger partial charge < -0.3 is 19.3 Å². The van der Waals surface area contributed by atoms with Gasteiger partial charge in [0.25, 0.3) is 0 Å². The van der Waals surface area contributed by atoms with Gasteiger partial charge in [-0.2, -0.15) is 0 Å². The summed E-state index contributed by atoms with van der Waals surface area (Å²) in [4.78, 5) is 33.2. The molecule has 1 fully saturated rings. The lowest BCUT2D eigenvalue weighted by Crippen LogP contribution is -2.59. The topological polar surface area (TPSA) is 72.0 Å². The molecule has 29 heavy (non-hydrogen) atoms. The van der Waals surface area contributed by atoms with Gasteiger partial charge in [-0.25, -0.2) is 4.79 Å². The molecule has 0 aromatic carbocycles. The van der Waals surface area contributed by atoms with Gasteiger partial charge in [0.1, 0.15) is 18.0 Å². The highest BCUT2D eigenvalue weighted by molar-refractivity contribution is 5.94. The molecule has 3 rings (SSSR count). The first-order chi connectivity index (χ1) is 13.8. The Bertz CT molecular complexity index is 783. The average molecular weight is 399 g/mol. The molecule has 1 aromatic rings. The van der Waals surface area contributed by atoms with Crippen LogP contribution >= 0.6 is 0 Å². The molecule has 7 nitrogen and oxygen atoms in total. The molecule has 0 saturated carbocycles. The van der Waals surface area contributed by atoms with Crippen LogP contribution in [0, 0.1) is 0 Å². The van der Waals surface area contributed by atoms with Gasteiger partial charge in [0, 0.05) is 31.4 Å². The summed E-state index contributed by atoms with van der Waals surface area (Å²) in [5.41, 5.74) is 0.231. The van der Waals surface area contributed by atoms with E-state index in [-0.39, 0.29) is 24.6 Å². The van der Waals surface area contributed by atoms with Crippen LogP contribution in [0.5, 0.6) is 5.75 Å². The van der Waals surface area contributed by atoms with Crippen LogP contribution < -0.4 is 4.74 Å². The molecule has 2 aliphatic rings. The van der Waals surface area contributed by atoms with E-state index in [1.807, 2.05) is 43.9 Å². The zero-order valence-electron chi connectivity index (χ0n) is 17.3. The highest BCUT2D eigenvalue weighted by Crippen LogP contribution is 2.21. The lowest BCUT2D eigenvalue weighted by atomic mass is 10.0. The second kappa shape index (κ2) is 9.11. The van der Waals surface area contributed by atoms with Crippen molar-refractivity contribution in [1.29, 1.82) is 0 Å². The molecule has 2 heterocycles. The fraction of sp³-hybridized carbons (Fsp3) is 0.500. The number of carbonyl (C=O) groups excluding carboxylic acids is 2. The molecule has 1 unspecified atom stereocenters. The van der Waals surface area contributed by atoms with Crippen molar-refractivity contribution in [2.45, 2.75) is 45.3 Å². The third kappa shape index (κ3) is 5.82. The molecule has 0 spiro atoms. The van der Waals surface area contributed by atoms with E-state index < -0.39 is 5.60 Å². The van der Waals surface area contributed by atoms with E-state index >= 15 is 0 Å². The summed E-state index contributed by atoms with van der Waals surface area (Å²) in [5, 5.41) is 0. The van der Waals surface area contributed by atoms with E-state index in [0.717, 1.165) is 18.4 Å². The van der Waals surface area contributed by atoms with Gasteiger partial charge in [-0.05, 0) is 45.7 Å². The summed E-state index contributed by atoms with van der Waals surface area (Å²) >= 11 is 0. The fourth-order valence-electron chi connectivity index (χ4n) is 3.35. The minimum atomic E-state index is -0.564. The highest BCUT2D eigenvalue weighted by Gasteiger charge is 2.35. The van der Waals surface area contributed by atoms with E-state index in [1.165, 1.54) is 0 Å². The van der Waals surface area contributed by atoms with Gasteiger partial charge >= 0.3 is 6.09 Å². The maximum absolute atomic E-state index is 13.1. The fourth-order valence-corrected chi connectivity index (χ4v) is 3.35. The number of rotatable bonds is 4. The van der Waals surface area contributed by atoms with Crippen molar-refractivity contribution in [2.24, 2.45) is 0 Å². The molecule has 2 amide bonds. The summed E-state index contributed by atoms with van der Waals surface area (Å²) in [6.45, 7) is 7.06. The zero-order valence-corrected chi connectivity index (χ0v) is 17.3. The van der Waals surface area contributed by atoms with Crippen molar-refractivity contribution in [1.82, 2.24) is 14.8 Å². The summed E-state index contributed by atoms with van der Waals surface area (Å²) < 4.78 is 11.4. The molecular formula is C22H29N3O4. The van der Waals surface area contributed by atoms with Crippen LogP contribution in [0.25, 0.3) is 0 Å². The van der Waals surface area contributed by atoms with E-state index in [9.17, 15) is 9.59 Å². The Labute approximate surface area is 172 Å². The second-order valence-corrected chi connectivity index (χ2v) is 8.24. The Morgan fingerprint density at radius 1 is 1.28 bits per heavy atom. The van der Waals surface area contributed by atoms with Crippen molar-refractivity contribution in [3.8, 4) is 5.75 Å². The number of amides is 2. The zero-order chi connectivity index (χ0) is 20.9. The molecular weight excluding hydrogens is 370 g/mol. The first-order valence-electron chi connectivity index (χ1n) is 10.0. The third-order valence-electron chi connectivity index (χ3n) is 4.76. The van der Waals surface area contributed by atoms with Crippen LogP contribution in [-0.4, -0.2) is 64.7 Å². The van der Waals surface area contributed by atoms with Crippen LogP contribution in [0.1, 0.15) is 33.6 Å². The molecule has 7 heteroatoms. The lowest BCUT2D eigenvalue weighted by Gasteiger charge is -2.41. The Hall–Kier alpha value is -2.83.